The molecule has 0 bridgehead atoms. The Bertz CT molecular complexity index is 1210. The van der Waals surface area contributed by atoms with Gasteiger partial charge in [-0.2, -0.15) is 0 Å². The van der Waals surface area contributed by atoms with Crippen LogP contribution >= 0.6 is 0 Å². The molecule has 9 heteroatoms. The summed E-state index contributed by atoms with van der Waals surface area (Å²) in [6.45, 7) is 4.87. The van der Waals surface area contributed by atoms with E-state index in [1.54, 1.807) is 0 Å². The number of esters is 2. The Balaban J connectivity index is 4.02. The average Bonchev–Trinajstić information content (AvgIpc) is 3.30. The fourth-order valence-electron chi connectivity index (χ4n) is 8.20. The molecule has 0 amide bonds. The molecule has 2 atom stereocenters. The van der Waals surface area contributed by atoms with Gasteiger partial charge in [0.25, 0.3) is 6.29 Å². The summed E-state index contributed by atoms with van der Waals surface area (Å²) >= 11 is 0. The second-order valence-corrected chi connectivity index (χ2v) is 20.6. The molecule has 2 unspecified atom stereocenters. The third-order valence-corrected chi connectivity index (χ3v) is 12.6. The van der Waals surface area contributed by atoms with Crippen LogP contribution in [0.1, 0.15) is 264 Å². The maximum absolute atomic E-state index is 12.8. The van der Waals surface area contributed by atoms with Crippen LogP contribution in [0.25, 0.3) is 0 Å². The molecular formula is C59H110NO8+. The summed E-state index contributed by atoms with van der Waals surface area (Å²) in [5.74, 6) is -1.99. The quantitative estimate of drug-likeness (QED) is 0.0211. The highest BCUT2D eigenvalue weighted by Crippen LogP contribution is 2.17. The van der Waals surface area contributed by atoms with Crippen molar-refractivity contribution >= 4 is 17.9 Å². The molecule has 1 N–H and O–H groups in total. The van der Waals surface area contributed by atoms with Crippen molar-refractivity contribution < 1.29 is 42.9 Å². The van der Waals surface area contributed by atoms with Crippen LogP contribution in [0.4, 0.5) is 0 Å². The van der Waals surface area contributed by atoms with E-state index in [-0.39, 0.29) is 32.2 Å². The topological polar surface area (TPSA) is 108 Å². The third kappa shape index (κ3) is 51.4. The summed E-state index contributed by atoms with van der Waals surface area (Å²) < 4.78 is 22.8. The molecule has 398 valence electrons. The molecule has 0 aromatic carbocycles. The molecule has 68 heavy (non-hydrogen) atoms. The molecule has 0 aromatic rings. The van der Waals surface area contributed by atoms with Gasteiger partial charge in [0.1, 0.15) is 13.2 Å². The molecule has 0 heterocycles. The van der Waals surface area contributed by atoms with Crippen LogP contribution in [-0.4, -0.2) is 87.4 Å². The number of carbonyl (C=O) groups is 3. The van der Waals surface area contributed by atoms with E-state index >= 15 is 0 Å². The minimum Gasteiger partial charge on any atom is -0.477 e. The fraction of sp³-hybridized carbons (Fsp3) is 0.847. The maximum atomic E-state index is 12.8. The molecule has 0 spiro atoms. The van der Waals surface area contributed by atoms with Gasteiger partial charge < -0.3 is 28.5 Å². The molecule has 0 aliphatic carbocycles. The Morgan fingerprint density at radius 2 is 0.794 bits per heavy atom. The van der Waals surface area contributed by atoms with Crippen molar-refractivity contribution in [3.63, 3.8) is 0 Å². The second-order valence-electron chi connectivity index (χ2n) is 20.6. The molecule has 0 aliphatic rings. The van der Waals surface area contributed by atoms with Gasteiger partial charge in [-0.3, -0.25) is 9.59 Å². The minimum absolute atomic E-state index is 0.177. The fourth-order valence-corrected chi connectivity index (χ4v) is 8.20. The highest BCUT2D eigenvalue weighted by Gasteiger charge is 2.25. The van der Waals surface area contributed by atoms with Gasteiger partial charge in [-0.25, -0.2) is 4.79 Å². The number of carboxylic acids is 1. The van der Waals surface area contributed by atoms with E-state index in [2.05, 4.69) is 50.3 Å². The predicted octanol–water partition coefficient (Wildman–Crippen LogP) is 16.5. The Labute approximate surface area is 420 Å². The number of quaternary nitrogens is 1. The molecule has 0 rings (SSSR count). The van der Waals surface area contributed by atoms with E-state index in [1.165, 1.54) is 186 Å². The van der Waals surface area contributed by atoms with Gasteiger partial charge in [-0.05, 0) is 51.4 Å². The van der Waals surface area contributed by atoms with Crippen molar-refractivity contribution in [3.8, 4) is 0 Å². The monoisotopic (exact) mass is 961 g/mol. The summed E-state index contributed by atoms with van der Waals surface area (Å²) in [5.41, 5.74) is 0. The van der Waals surface area contributed by atoms with Crippen molar-refractivity contribution in [3.05, 3.63) is 36.5 Å². The Morgan fingerprint density at radius 3 is 1.18 bits per heavy atom. The Kier molecular flexibility index (Phi) is 49.0. The number of ether oxygens (including phenoxy) is 4. The molecule has 0 radical (unpaired) electrons. The number of hydrogen-bond donors (Lipinski definition) is 1. The highest BCUT2D eigenvalue weighted by molar-refractivity contribution is 5.71. The number of hydrogen-bond acceptors (Lipinski definition) is 7. The molecule has 0 saturated heterocycles. The lowest BCUT2D eigenvalue weighted by Crippen LogP contribution is -2.40. The number of unbranched alkanes of at least 4 members (excludes halogenated alkanes) is 32. The first-order valence-corrected chi connectivity index (χ1v) is 28.7. The summed E-state index contributed by atoms with van der Waals surface area (Å²) in [6, 6.07) is 0. The molecular weight excluding hydrogens is 851 g/mol. The highest BCUT2D eigenvalue weighted by atomic mass is 16.7. The van der Waals surface area contributed by atoms with Crippen LogP contribution in [0, 0.1) is 0 Å². The first-order chi connectivity index (χ1) is 33.1. The van der Waals surface area contributed by atoms with E-state index < -0.39 is 24.3 Å². The van der Waals surface area contributed by atoms with Crippen LogP contribution in [0.2, 0.25) is 0 Å². The summed E-state index contributed by atoms with van der Waals surface area (Å²) in [5, 5.41) is 9.66. The molecule has 0 aromatic heterocycles. The number of rotatable bonds is 53. The molecule has 0 saturated carbocycles. The zero-order valence-corrected chi connectivity index (χ0v) is 45.3. The summed E-state index contributed by atoms with van der Waals surface area (Å²) in [6.07, 6.45) is 58.1. The molecule has 9 nitrogen and oxygen atoms in total. The third-order valence-electron chi connectivity index (χ3n) is 12.6. The number of carbonyl (C=O) groups excluding carboxylic acids is 2. The van der Waals surface area contributed by atoms with Crippen LogP contribution < -0.4 is 0 Å². The standard InChI is InChI=1S/C59H109NO8/c1-6-8-10-12-14-16-18-19-20-21-22-23-24-25-26-27-28-29-30-31-32-33-34-35-36-37-38-39-40-42-44-46-48-50-57(62)68-55(54-67-59(58(63)64)65-52-51-60(3,4)5)53-66-56(61)49-47-45-43-41-17-15-13-11-9-7-2/h18-19,21-22,24-25,55,59H,6-17,20,23,26-54H2,1-5H3/p+1/b19-18-,22-21-,25-24-. The first-order valence-electron chi connectivity index (χ1n) is 28.7. The van der Waals surface area contributed by atoms with Gasteiger partial charge in [-0.15, -0.1) is 0 Å². The summed E-state index contributed by atoms with van der Waals surface area (Å²) in [4.78, 5) is 37.2. The maximum Gasteiger partial charge on any atom is 0.361 e. The number of carboxylic acid groups (broad SMARTS) is 1. The largest absolute Gasteiger partial charge is 0.477 e. The van der Waals surface area contributed by atoms with Gasteiger partial charge >= 0.3 is 17.9 Å². The second kappa shape index (κ2) is 50.9. The lowest BCUT2D eigenvalue weighted by atomic mass is 10.0. The molecule has 0 aliphatic heterocycles. The number of allylic oxidation sites excluding steroid dienone is 6. The lowest BCUT2D eigenvalue weighted by Gasteiger charge is -2.25. The van der Waals surface area contributed by atoms with Gasteiger partial charge in [0.05, 0.1) is 34.4 Å². The van der Waals surface area contributed by atoms with Crippen LogP contribution in [0.3, 0.4) is 0 Å². The average molecular weight is 962 g/mol. The van der Waals surface area contributed by atoms with E-state index in [1.807, 2.05) is 21.1 Å². The van der Waals surface area contributed by atoms with Gasteiger partial charge in [0, 0.05) is 12.8 Å². The van der Waals surface area contributed by atoms with E-state index in [4.69, 9.17) is 18.9 Å². The van der Waals surface area contributed by atoms with Gasteiger partial charge in [0.2, 0.25) is 0 Å². The van der Waals surface area contributed by atoms with E-state index in [0.29, 0.717) is 17.4 Å². The van der Waals surface area contributed by atoms with Crippen molar-refractivity contribution in [2.24, 2.45) is 0 Å². The number of nitrogens with zero attached hydrogens (tertiary/aromatic N) is 1. The van der Waals surface area contributed by atoms with E-state index in [9.17, 15) is 19.5 Å². The van der Waals surface area contributed by atoms with Crippen LogP contribution in [0.5, 0.6) is 0 Å². The number of likely N-dealkylation sites (N-methyl/N-ethyl adjacent to an activating group) is 1. The van der Waals surface area contributed by atoms with Crippen LogP contribution in [-0.2, 0) is 33.3 Å². The zero-order valence-electron chi connectivity index (χ0n) is 45.3. The normalized spacial score (nSPS) is 13.0. The van der Waals surface area contributed by atoms with Crippen molar-refractivity contribution in [1.82, 2.24) is 0 Å². The zero-order chi connectivity index (χ0) is 49.9. The predicted molar refractivity (Wildman–Crippen MR) is 286 cm³/mol. The lowest BCUT2D eigenvalue weighted by molar-refractivity contribution is -0.870. The van der Waals surface area contributed by atoms with Crippen molar-refractivity contribution in [2.45, 2.75) is 277 Å². The summed E-state index contributed by atoms with van der Waals surface area (Å²) in [7, 11) is 5.97. The molecule has 0 fully saturated rings. The van der Waals surface area contributed by atoms with Gasteiger partial charge in [-0.1, -0.05) is 237 Å². The SMILES string of the molecule is CCCCCCC/C=C\C/C=C\C/C=C\CCCCCCCCCCCCCCCCCCCCC(=O)OC(COC(=O)CCCCCCCCCCCC)COC(OCC[N+](C)(C)C)C(=O)O. The van der Waals surface area contributed by atoms with Crippen molar-refractivity contribution in [2.75, 3.05) is 47.5 Å². The Morgan fingerprint density at radius 1 is 0.441 bits per heavy atom. The van der Waals surface area contributed by atoms with Crippen molar-refractivity contribution in [1.29, 1.82) is 0 Å². The van der Waals surface area contributed by atoms with E-state index in [0.717, 1.165) is 51.4 Å². The Hall–Kier alpha value is -2.49. The van der Waals surface area contributed by atoms with Gasteiger partial charge in [0.15, 0.2) is 6.10 Å². The smallest absolute Gasteiger partial charge is 0.361 e. The van der Waals surface area contributed by atoms with Crippen LogP contribution in [0.15, 0.2) is 36.5 Å². The minimum atomic E-state index is -1.51. The first kappa shape index (κ1) is 65.5. The number of aliphatic carboxylic acids is 1.